The first-order chi connectivity index (χ1) is 11.6. The highest BCUT2D eigenvalue weighted by Gasteiger charge is 2.15. The van der Waals surface area contributed by atoms with Gasteiger partial charge in [0.25, 0.3) is 5.91 Å². The Hall–Kier alpha value is -2.15. The molecule has 0 unspecified atom stereocenters. The maximum absolute atomic E-state index is 10.7. The molecule has 0 radical (unpaired) electrons. The van der Waals surface area contributed by atoms with Gasteiger partial charge in [-0.15, -0.1) is 0 Å². The lowest BCUT2D eigenvalue weighted by atomic mass is 9.93. The molecule has 0 fully saturated rings. The van der Waals surface area contributed by atoms with Gasteiger partial charge in [0.1, 0.15) is 12.4 Å². The second-order valence-electron chi connectivity index (χ2n) is 5.40. The van der Waals surface area contributed by atoms with E-state index in [1.54, 1.807) is 18.2 Å². The van der Waals surface area contributed by atoms with Crippen molar-refractivity contribution in [1.29, 1.82) is 0 Å². The lowest BCUT2D eigenvalue weighted by Gasteiger charge is -2.19. The van der Waals surface area contributed by atoms with Gasteiger partial charge in [0, 0.05) is 6.08 Å². The molecule has 1 aromatic rings. The first kappa shape index (κ1) is 19.9. The Morgan fingerprint density at radius 1 is 1.29 bits per heavy atom. The van der Waals surface area contributed by atoms with E-state index in [9.17, 15) is 9.90 Å². The second-order valence-corrected chi connectivity index (χ2v) is 5.40. The fourth-order valence-corrected chi connectivity index (χ4v) is 2.13. The predicted octanol–water partition coefficient (Wildman–Crippen LogP) is 2.13. The van der Waals surface area contributed by atoms with E-state index < -0.39 is 12.0 Å². The predicted molar refractivity (Wildman–Crippen MR) is 90.6 cm³/mol. The summed E-state index contributed by atoms with van der Waals surface area (Å²) >= 11 is 0. The zero-order chi connectivity index (χ0) is 17.8. The normalized spacial score (nSPS) is 14.0. The van der Waals surface area contributed by atoms with Gasteiger partial charge in [-0.1, -0.05) is 37.3 Å². The highest BCUT2D eigenvalue weighted by molar-refractivity contribution is 5.86. The Morgan fingerprint density at radius 2 is 2.00 bits per heavy atom. The van der Waals surface area contributed by atoms with Crippen molar-refractivity contribution >= 4 is 5.91 Å². The molecule has 0 aromatic heterocycles. The van der Waals surface area contributed by atoms with Crippen LogP contribution in [0.3, 0.4) is 0 Å². The van der Waals surface area contributed by atoms with Crippen molar-refractivity contribution in [3.05, 3.63) is 54.1 Å². The van der Waals surface area contributed by atoms with Gasteiger partial charge < -0.3 is 14.9 Å². The Morgan fingerprint density at radius 3 is 2.62 bits per heavy atom. The number of ether oxygens (including phenoxy) is 1. The van der Waals surface area contributed by atoms with Gasteiger partial charge in [-0.3, -0.25) is 10.0 Å². The van der Waals surface area contributed by atoms with Crippen molar-refractivity contribution in [2.75, 3.05) is 13.2 Å². The largest absolute Gasteiger partial charge is 0.491 e. The highest BCUT2D eigenvalue weighted by Crippen LogP contribution is 2.27. The van der Waals surface area contributed by atoms with Crippen LogP contribution in [0.15, 0.2) is 48.6 Å². The third-order valence-electron chi connectivity index (χ3n) is 3.51. The van der Waals surface area contributed by atoms with Crippen LogP contribution in [0.25, 0.3) is 0 Å². The van der Waals surface area contributed by atoms with Crippen LogP contribution in [0.5, 0.6) is 5.75 Å². The van der Waals surface area contributed by atoms with Crippen molar-refractivity contribution < 1.29 is 25.0 Å². The SMILES string of the molecule is C[C@H](CC/C=C/C=C/C(=O)NO)[C@@H](O)c1ccc(OCCO)cc1. The summed E-state index contributed by atoms with van der Waals surface area (Å²) in [5.74, 6) is 0.160. The maximum atomic E-state index is 10.7. The van der Waals surface area contributed by atoms with Crippen LogP contribution in [-0.4, -0.2) is 34.5 Å². The smallest absolute Gasteiger partial charge is 0.267 e. The molecule has 0 saturated carbocycles. The van der Waals surface area contributed by atoms with E-state index in [0.29, 0.717) is 5.75 Å². The van der Waals surface area contributed by atoms with Crippen LogP contribution < -0.4 is 10.2 Å². The summed E-state index contributed by atoms with van der Waals surface area (Å²) < 4.78 is 5.29. The van der Waals surface area contributed by atoms with Crippen LogP contribution >= 0.6 is 0 Å². The molecular weight excluding hydrogens is 310 g/mol. The Labute approximate surface area is 142 Å². The van der Waals surface area contributed by atoms with E-state index in [1.165, 1.54) is 17.6 Å². The van der Waals surface area contributed by atoms with Crippen LogP contribution in [-0.2, 0) is 4.79 Å². The van der Waals surface area contributed by atoms with Gasteiger partial charge in [0.05, 0.1) is 12.7 Å². The van der Waals surface area contributed by atoms with Crippen molar-refractivity contribution in [2.45, 2.75) is 25.9 Å². The van der Waals surface area contributed by atoms with E-state index in [2.05, 4.69) is 0 Å². The molecule has 1 rings (SSSR count). The number of benzene rings is 1. The fraction of sp³-hybridized carbons (Fsp3) is 0.389. The van der Waals surface area contributed by atoms with E-state index >= 15 is 0 Å². The Bertz CT molecular complexity index is 539. The number of hydroxylamine groups is 1. The van der Waals surface area contributed by atoms with Crippen molar-refractivity contribution in [3.8, 4) is 5.75 Å². The summed E-state index contributed by atoms with van der Waals surface area (Å²) in [6, 6.07) is 7.19. The van der Waals surface area contributed by atoms with E-state index in [-0.39, 0.29) is 19.1 Å². The first-order valence-corrected chi connectivity index (χ1v) is 7.87. The van der Waals surface area contributed by atoms with Gasteiger partial charge in [-0.2, -0.15) is 0 Å². The Kier molecular flexibility index (Phi) is 9.45. The van der Waals surface area contributed by atoms with Crippen molar-refractivity contribution in [2.24, 2.45) is 5.92 Å². The summed E-state index contributed by atoms with van der Waals surface area (Å²) in [6.45, 7) is 2.19. The zero-order valence-corrected chi connectivity index (χ0v) is 13.8. The van der Waals surface area contributed by atoms with Crippen molar-refractivity contribution in [3.63, 3.8) is 0 Å². The average molecular weight is 335 g/mol. The molecule has 132 valence electrons. The van der Waals surface area contributed by atoms with Crippen LogP contribution in [0.2, 0.25) is 0 Å². The number of amides is 1. The standard InChI is InChI=1S/C18H25NO5/c1-14(6-4-2-3-5-7-17(21)19-23)18(22)15-8-10-16(11-9-15)24-13-12-20/h2-3,5,7-11,14,18,20,22-23H,4,6,12-13H2,1H3,(H,19,21)/b3-2+,7-5+/t14-,18-/m1/s1. The number of hydrogen-bond donors (Lipinski definition) is 4. The van der Waals surface area contributed by atoms with E-state index in [0.717, 1.165) is 18.4 Å². The summed E-state index contributed by atoms with van der Waals surface area (Å²) in [5.41, 5.74) is 2.33. The lowest BCUT2D eigenvalue weighted by Crippen LogP contribution is -2.14. The first-order valence-electron chi connectivity index (χ1n) is 7.87. The van der Waals surface area contributed by atoms with E-state index in [4.69, 9.17) is 15.1 Å². The molecule has 4 N–H and O–H groups in total. The molecule has 0 aliphatic rings. The molecule has 24 heavy (non-hydrogen) atoms. The maximum Gasteiger partial charge on any atom is 0.267 e. The number of rotatable bonds is 10. The summed E-state index contributed by atoms with van der Waals surface area (Å²) in [5, 5.41) is 27.4. The summed E-state index contributed by atoms with van der Waals surface area (Å²) in [7, 11) is 0. The minimum atomic E-state index is -0.574. The molecule has 0 saturated heterocycles. The molecule has 1 aromatic carbocycles. The van der Waals surface area contributed by atoms with Gasteiger partial charge in [-0.05, 0) is 36.5 Å². The van der Waals surface area contributed by atoms with Crippen LogP contribution in [0.4, 0.5) is 0 Å². The molecule has 6 nitrogen and oxygen atoms in total. The molecule has 0 bridgehead atoms. The number of allylic oxidation sites excluding steroid dienone is 3. The van der Waals surface area contributed by atoms with Gasteiger partial charge in [0.15, 0.2) is 0 Å². The Balaban J connectivity index is 2.41. The molecule has 1 amide bonds. The quantitative estimate of drug-likeness (QED) is 0.227. The molecule has 6 heteroatoms. The molecular formula is C18H25NO5. The topological polar surface area (TPSA) is 99.0 Å². The lowest BCUT2D eigenvalue weighted by molar-refractivity contribution is -0.124. The minimum absolute atomic E-state index is 0.0329. The number of aliphatic hydroxyl groups excluding tert-OH is 2. The van der Waals surface area contributed by atoms with Crippen LogP contribution in [0, 0.1) is 5.92 Å². The summed E-state index contributed by atoms with van der Waals surface area (Å²) in [6.07, 6.45) is 7.37. The van der Waals surface area contributed by atoms with Gasteiger partial charge in [-0.25, -0.2) is 5.48 Å². The van der Waals surface area contributed by atoms with Gasteiger partial charge >= 0.3 is 0 Å². The van der Waals surface area contributed by atoms with Crippen LogP contribution in [0.1, 0.15) is 31.4 Å². The molecule has 0 aliphatic heterocycles. The molecule has 2 atom stereocenters. The molecule has 0 spiro atoms. The number of aliphatic hydroxyl groups is 2. The summed E-state index contributed by atoms with van der Waals surface area (Å²) in [4.78, 5) is 10.7. The highest BCUT2D eigenvalue weighted by atomic mass is 16.5. The average Bonchev–Trinajstić information content (AvgIpc) is 2.62. The third-order valence-corrected chi connectivity index (χ3v) is 3.51. The van der Waals surface area contributed by atoms with E-state index in [1.807, 2.05) is 25.1 Å². The van der Waals surface area contributed by atoms with Gasteiger partial charge in [0.2, 0.25) is 0 Å². The monoisotopic (exact) mass is 335 g/mol. The third kappa shape index (κ3) is 7.41. The molecule has 0 heterocycles. The minimum Gasteiger partial charge on any atom is -0.491 e. The number of carbonyl (C=O) groups excluding carboxylic acids is 1. The second kappa shape index (κ2) is 11.4. The zero-order valence-electron chi connectivity index (χ0n) is 13.8. The number of hydrogen-bond acceptors (Lipinski definition) is 5. The fourth-order valence-electron chi connectivity index (χ4n) is 2.13. The molecule has 0 aliphatic carbocycles. The number of nitrogens with one attached hydrogen (secondary N) is 1. The van der Waals surface area contributed by atoms with Crippen molar-refractivity contribution in [1.82, 2.24) is 5.48 Å². The number of carbonyl (C=O) groups is 1.